The number of imidazole rings is 1. The molecule has 102 valence electrons. The summed E-state index contributed by atoms with van der Waals surface area (Å²) in [5.41, 5.74) is 1.40. The largest absolute Gasteiger partial charge is 0.421 e. The smallest absolute Gasteiger partial charge is 0.377 e. The van der Waals surface area contributed by atoms with Crippen LogP contribution in [0.25, 0.3) is 0 Å². The maximum absolute atomic E-state index is 12.3. The van der Waals surface area contributed by atoms with Gasteiger partial charge in [0.25, 0.3) is 0 Å². The Balaban J connectivity index is 2.22. The fourth-order valence-electron chi connectivity index (χ4n) is 1.70. The lowest BCUT2D eigenvalue weighted by molar-refractivity contribution is -0.209. The van der Waals surface area contributed by atoms with Gasteiger partial charge in [-0.25, -0.2) is 4.98 Å². The maximum Gasteiger partial charge on any atom is 0.421 e. The molecule has 2 heterocycles. The Kier molecular flexibility index (Phi) is 3.57. The van der Waals surface area contributed by atoms with Crippen molar-refractivity contribution >= 4 is 0 Å². The maximum atomic E-state index is 12.3. The van der Waals surface area contributed by atoms with Crippen molar-refractivity contribution in [2.24, 2.45) is 0 Å². The molecule has 2 rings (SSSR count). The Morgan fingerprint density at radius 3 is 2.47 bits per heavy atom. The van der Waals surface area contributed by atoms with Crippen LogP contribution < -0.4 is 0 Å². The van der Waals surface area contributed by atoms with Gasteiger partial charge >= 0.3 is 6.18 Å². The highest BCUT2D eigenvalue weighted by Gasteiger charge is 2.41. The van der Waals surface area contributed by atoms with Crippen LogP contribution in [-0.4, -0.2) is 26.2 Å². The summed E-state index contributed by atoms with van der Waals surface area (Å²) in [6.07, 6.45) is -2.81. The zero-order chi connectivity index (χ0) is 14.0. The number of H-pyrrole nitrogens is 1. The number of aliphatic hydroxyl groups excluding tert-OH is 1. The molecule has 0 aliphatic rings. The zero-order valence-electron chi connectivity index (χ0n) is 10.0. The number of aromatic nitrogens is 3. The molecule has 0 saturated heterocycles. The minimum absolute atomic E-state index is 0.162. The summed E-state index contributed by atoms with van der Waals surface area (Å²) in [4.78, 5) is 9.98. The van der Waals surface area contributed by atoms with Gasteiger partial charge in [0.15, 0.2) is 0 Å². The van der Waals surface area contributed by atoms with Crippen LogP contribution in [0.5, 0.6) is 0 Å². The molecule has 0 spiro atoms. The lowest BCUT2D eigenvalue weighted by Crippen LogP contribution is -2.21. The van der Waals surface area contributed by atoms with E-state index in [0.717, 1.165) is 5.56 Å². The molecule has 0 bridgehead atoms. The van der Waals surface area contributed by atoms with Gasteiger partial charge in [-0.1, -0.05) is 6.92 Å². The number of hydrogen-bond acceptors (Lipinski definition) is 3. The Hall–Kier alpha value is -1.89. The van der Waals surface area contributed by atoms with E-state index in [2.05, 4.69) is 15.0 Å². The molecule has 0 aliphatic carbocycles. The molecule has 2 aromatic heterocycles. The first-order valence-corrected chi connectivity index (χ1v) is 5.59. The van der Waals surface area contributed by atoms with Gasteiger partial charge in [-0.05, 0) is 17.7 Å². The minimum atomic E-state index is -4.73. The number of rotatable bonds is 3. The lowest BCUT2D eigenvalue weighted by atomic mass is 10.00. The average Bonchev–Trinajstić information content (AvgIpc) is 2.86. The van der Waals surface area contributed by atoms with Crippen molar-refractivity contribution in [2.45, 2.75) is 25.1 Å². The second-order valence-corrected chi connectivity index (χ2v) is 4.17. The van der Waals surface area contributed by atoms with Crippen molar-refractivity contribution in [1.82, 2.24) is 15.0 Å². The van der Waals surface area contributed by atoms with E-state index in [0.29, 0.717) is 5.69 Å². The molecule has 19 heavy (non-hydrogen) atoms. The molecule has 0 radical (unpaired) electrons. The van der Waals surface area contributed by atoms with Crippen LogP contribution in [0.2, 0.25) is 0 Å². The first-order valence-electron chi connectivity index (χ1n) is 5.59. The summed E-state index contributed by atoms with van der Waals surface area (Å²) in [6.45, 7) is 1.83. The number of alkyl halides is 3. The molecule has 0 fully saturated rings. The predicted octanol–water partition coefficient (Wildman–Crippen LogP) is 2.55. The van der Waals surface area contributed by atoms with Crippen molar-refractivity contribution in [1.29, 1.82) is 0 Å². The third kappa shape index (κ3) is 2.93. The van der Waals surface area contributed by atoms with Crippen molar-refractivity contribution < 1.29 is 18.3 Å². The average molecular weight is 271 g/mol. The van der Waals surface area contributed by atoms with E-state index in [1.807, 2.05) is 6.92 Å². The van der Waals surface area contributed by atoms with Crippen molar-refractivity contribution in [3.05, 3.63) is 47.8 Å². The highest BCUT2D eigenvalue weighted by atomic mass is 19.4. The van der Waals surface area contributed by atoms with Crippen molar-refractivity contribution in [3.63, 3.8) is 0 Å². The molecule has 2 aromatic rings. The Morgan fingerprint density at radius 2 is 1.89 bits per heavy atom. The molecule has 7 heteroatoms. The van der Waals surface area contributed by atoms with Crippen LogP contribution in [0.3, 0.4) is 0 Å². The monoisotopic (exact) mass is 271 g/mol. The first kappa shape index (κ1) is 13.5. The molecule has 0 amide bonds. The molecule has 4 nitrogen and oxygen atoms in total. The van der Waals surface area contributed by atoms with Crippen LogP contribution in [-0.2, 0) is 0 Å². The second-order valence-electron chi connectivity index (χ2n) is 4.17. The van der Waals surface area contributed by atoms with Crippen LogP contribution in [0.4, 0.5) is 13.2 Å². The van der Waals surface area contributed by atoms with Gasteiger partial charge in [0.2, 0.25) is 6.10 Å². The third-order valence-electron chi connectivity index (χ3n) is 2.86. The number of aromatic amines is 1. The molecule has 2 atom stereocenters. The highest BCUT2D eigenvalue weighted by molar-refractivity contribution is 5.25. The van der Waals surface area contributed by atoms with Crippen LogP contribution in [0.1, 0.15) is 36.0 Å². The summed E-state index contributed by atoms with van der Waals surface area (Å²) < 4.78 is 37.0. The Labute approximate surface area is 107 Å². The molecule has 0 aromatic carbocycles. The van der Waals surface area contributed by atoms with E-state index in [-0.39, 0.29) is 5.92 Å². The van der Waals surface area contributed by atoms with E-state index in [4.69, 9.17) is 5.11 Å². The zero-order valence-corrected chi connectivity index (χ0v) is 10.0. The second kappa shape index (κ2) is 5.00. The van der Waals surface area contributed by atoms with E-state index in [1.54, 1.807) is 24.5 Å². The van der Waals surface area contributed by atoms with E-state index in [9.17, 15) is 13.2 Å². The number of halogens is 3. The van der Waals surface area contributed by atoms with Crippen molar-refractivity contribution in [2.75, 3.05) is 0 Å². The molecule has 2 N–H and O–H groups in total. The van der Waals surface area contributed by atoms with Gasteiger partial charge in [-0.3, -0.25) is 4.98 Å². The lowest BCUT2D eigenvalue weighted by Gasteiger charge is -2.12. The molecular formula is C12H12F3N3O. The van der Waals surface area contributed by atoms with Crippen LogP contribution in [0.15, 0.2) is 30.7 Å². The number of aliphatic hydroxyl groups is 1. The van der Waals surface area contributed by atoms with Crippen molar-refractivity contribution in [3.8, 4) is 0 Å². The van der Waals surface area contributed by atoms with E-state index in [1.165, 1.54) is 6.20 Å². The van der Waals surface area contributed by atoms with Crippen LogP contribution in [0, 0.1) is 0 Å². The van der Waals surface area contributed by atoms with Crippen LogP contribution >= 0.6 is 0 Å². The molecule has 0 aliphatic heterocycles. The summed E-state index contributed by atoms with van der Waals surface area (Å²) in [5.74, 6) is -0.659. The summed E-state index contributed by atoms with van der Waals surface area (Å²) in [7, 11) is 0. The Bertz CT molecular complexity index is 539. The molecule has 0 saturated carbocycles. The third-order valence-corrected chi connectivity index (χ3v) is 2.86. The molecule has 1 unspecified atom stereocenters. The van der Waals surface area contributed by atoms with Gasteiger partial charge in [-0.15, -0.1) is 0 Å². The van der Waals surface area contributed by atoms with Gasteiger partial charge < -0.3 is 10.1 Å². The number of nitrogens with zero attached hydrogens (tertiary/aromatic N) is 2. The standard InChI is InChI=1S/C12H12F3N3O/c1-7(8-2-4-16-5-3-8)9-6-17-11(18-9)10(19)12(13,14)15/h2-7,10,19H,1H3,(H,17,18)/t7?,10-/m1/s1. The number of pyridine rings is 1. The summed E-state index contributed by atoms with van der Waals surface area (Å²) >= 11 is 0. The van der Waals surface area contributed by atoms with Gasteiger partial charge in [0.05, 0.1) is 0 Å². The van der Waals surface area contributed by atoms with E-state index >= 15 is 0 Å². The number of nitrogens with one attached hydrogen (secondary N) is 1. The van der Waals surface area contributed by atoms with Gasteiger partial charge in [0.1, 0.15) is 5.82 Å². The summed E-state index contributed by atoms with van der Waals surface area (Å²) in [6, 6.07) is 3.54. The Morgan fingerprint density at radius 1 is 1.26 bits per heavy atom. The highest BCUT2D eigenvalue weighted by Crippen LogP contribution is 2.32. The van der Waals surface area contributed by atoms with E-state index < -0.39 is 18.1 Å². The predicted molar refractivity (Wildman–Crippen MR) is 61.4 cm³/mol. The minimum Gasteiger partial charge on any atom is -0.377 e. The molecular weight excluding hydrogens is 259 g/mol. The quantitative estimate of drug-likeness (QED) is 0.901. The topological polar surface area (TPSA) is 61.8 Å². The van der Waals surface area contributed by atoms with Gasteiger partial charge in [0, 0.05) is 30.2 Å². The fraction of sp³-hybridized carbons (Fsp3) is 0.333. The summed E-state index contributed by atoms with van der Waals surface area (Å²) in [5, 5.41) is 9.09. The number of hydrogen-bond donors (Lipinski definition) is 2. The van der Waals surface area contributed by atoms with Gasteiger partial charge in [-0.2, -0.15) is 13.2 Å². The normalized spacial score (nSPS) is 15.2. The fourth-order valence-corrected chi connectivity index (χ4v) is 1.70. The first-order chi connectivity index (χ1) is 8.89. The SMILES string of the molecule is CC(c1ccncc1)c1cnc([C@@H](O)C(F)(F)F)[nH]1.